The highest BCUT2D eigenvalue weighted by molar-refractivity contribution is 7.26. The van der Waals surface area contributed by atoms with Gasteiger partial charge >= 0.3 is 0 Å². The molecular weight excluding hydrogens is 793 g/mol. The summed E-state index contributed by atoms with van der Waals surface area (Å²) in [6.45, 7) is 0. The van der Waals surface area contributed by atoms with Gasteiger partial charge < -0.3 is 9.47 Å². The number of nitrogens with zero attached hydrogens (tertiary/aromatic N) is 2. The van der Waals surface area contributed by atoms with Crippen LogP contribution in [0.25, 0.3) is 69.9 Å². The fourth-order valence-electron chi connectivity index (χ4n) is 10.8. The van der Waals surface area contributed by atoms with E-state index in [9.17, 15) is 0 Å². The van der Waals surface area contributed by atoms with Crippen LogP contribution in [0.4, 0.5) is 17.1 Å². The number of hydrogen-bond acceptors (Lipinski definition) is 2. The third kappa shape index (κ3) is 5.44. The van der Waals surface area contributed by atoms with Crippen LogP contribution in [0.5, 0.6) is 0 Å². The molecule has 0 saturated carbocycles. The maximum atomic E-state index is 2.43. The molecule has 2 nitrogen and oxygen atoms in total. The lowest BCUT2D eigenvalue weighted by molar-refractivity contribution is 0.768. The van der Waals surface area contributed by atoms with E-state index >= 15 is 0 Å². The molecule has 0 fully saturated rings. The molecule has 0 bridgehead atoms. The van der Waals surface area contributed by atoms with Gasteiger partial charge in [-0.25, -0.2) is 0 Å². The Bertz CT molecular complexity index is 3640. The van der Waals surface area contributed by atoms with Gasteiger partial charge in [-0.3, -0.25) is 0 Å². The highest BCUT2D eigenvalue weighted by atomic mass is 32.1. The van der Waals surface area contributed by atoms with E-state index in [-0.39, 0.29) is 0 Å². The van der Waals surface area contributed by atoms with Gasteiger partial charge in [-0.15, -0.1) is 11.3 Å². The quantitative estimate of drug-likeness (QED) is 0.155. The summed E-state index contributed by atoms with van der Waals surface area (Å²) in [4.78, 5) is 2.43. The molecule has 0 unspecified atom stereocenters. The van der Waals surface area contributed by atoms with Gasteiger partial charge in [0, 0.05) is 53.7 Å². The van der Waals surface area contributed by atoms with Crippen molar-refractivity contribution in [2.75, 3.05) is 4.90 Å². The molecule has 12 aromatic rings. The highest BCUT2D eigenvalue weighted by Gasteiger charge is 2.45. The van der Waals surface area contributed by atoms with Gasteiger partial charge in [-0.2, -0.15) is 0 Å². The number of fused-ring (bicyclic) bond motifs is 9. The van der Waals surface area contributed by atoms with Gasteiger partial charge in [0.1, 0.15) is 0 Å². The van der Waals surface area contributed by atoms with Crippen LogP contribution in [0.15, 0.2) is 243 Å². The van der Waals surface area contributed by atoms with Crippen molar-refractivity contribution >= 4 is 70.4 Å². The molecule has 0 amide bonds. The normalized spacial score (nSPS) is 12.8. The lowest BCUT2D eigenvalue weighted by Crippen LogP contribution is -2.28. The molecule has 0 N–H and O–H groups in total. The van der Waals surface area contributed by atoms with E-state index in [0.29, 0.717) is 0 Å². The van der Waals surface area contributed by atoms with E-state index in [4.69, 9.17) is 0 Å². The van der Waals surface area contributed by atoms with Gasteiger partial charge in [-0.05, 0) is 105 Å². The van der Waals surface area contributed by atoms with E-state index < -0.39 is 5.41 Å². The number of para-hydroxylation sites is 2. The zero-order valence-electron chi connectivity index (χ0n) is 34.9. The first-order valence-corrected chi connectivity index (χ1v) is 22.8. The Hall–Kier alpha value is -7.98. The van der Waals surface area contributed by atoms with Crippen molar-refractivity contribution in [3.05, 3.63) is 265 Å². The SMILES string of the molecule is c1ccc(C2(c3ccc(N(c4cccc(-c5cccc6c5sc5ccccc56)c4)c4cccc(-n5c6ccccc6c6ccccc65)c4)cc3)c3ccccc3-c3ccccc32)cc1. The molecule has 1 aliphatic carbocycles. The Kier molecular flexibility index (Phi) is 8.34. The molecule has 3 heteroatoms. The summed E-state index contributed by atoms with van der Waals surface area (Å²) in [5.41, 5.74) is 16.4. The summed E-state index contributed by atoms with van der Waals surface area (Å²) in [6.07, 6.45) is 0. The fourth-order valence-corrected chi connectivity index (χ4v) is 12.0. The molecule has 300 valence electrons. The molecule has 2 aromatic heterocycles. The smallest absolute Gasteiger partial charge is 0.0713 e. The van der Waals surface area contributed by atoms with Crippen molar-refractivity contribution in [3.63, 3.8) is 0 Å². The van der Waals surface area contributed by atoms with E-state index in [1.807, 2.05) is 11.3 Å². The van der Waals surface area contributed by atoms with Gasteiger partial charge in [0.15, 0.2) is 0 Å². The van der Waals surface area contributed by atoms with Crippen LogP contribution < -0.4 is 4.90 Å². The Labute approximate surface area is 376 Å². The van der Waals surface area contributed by atoms with Crippen molar-refractivity contribution in [1.82, 2.24) is 4.57 Å². The minimum absolute atomic E-state index is 0.475. The molecule has 2 heterocycles. The third-order valence-corrected chi connectivity index (χ3v) is 14.7. The zero-order chi connectivity index (χ0) is 42.2. The van der Waals surface area contributed by atoms with Gasteiger partial charge in [0.2, 0.25) is 0 Å². The lowest BCUT2D eigenvalue weighted by atomic mass is 9.68. The van der Waals surface area contributed by atoms with Crippen molar-refractivity contribution in [3.8, 4) is 27.9 Å². The number of hydrogen-bond donors (Lipinski definition) is 0. The summed E-state index contributed by atoms with van der Waals surface area (Å²) >= 11 is 1.88. The number of benzene rings is 10. The summed E-state index contributed by atoms with van der Waals surface area (Å²) in [5, 5.41) is 5.12. The van der Waals surface area contributed by atoms with Crippen molar-refractivity contribution in [2.24, 2.45) is 0 Å². The van der Waals surface area contributed by atoms with Crippen LogP contribution in [-0.2, 0) is 5.41 Å². The molecule has 0 radical (unpaired) electrons. The number of aromatic nitrogens is 1. The van der Waals surface area contributed by atoms with Gasteiger partial charge in [0.05, 0.1) is 16.4 Å². The maximum absolute atomic E-state index is 2.43. The van der Waals surface area contributed by atoms with Crippen LogP contribution in [-0.4, -0.2) is 4.57 Å². The van der Waals surface area contributed by atoms with E-state index in [1.54, 1.807) is 0 Å². The van der Waals surface area contributed by atoms with Crippen LogP contribution in [0, 0.1) is 0 Å². The summed E-state index contributed by atoms with van der Waals surface area (Å²) in [7, 11) is 0. The average Bonchev–Trinajstić information content (AvgIpc) is 4.02. The largest absolute Gasteiger partial charge is 0.310 e. The molecular formula is C61H40N2S. The van der Waals surface area contributed by atoms with Crippen LogP contribution in [0.3, 0.4) is 0 Å². The molecule has 64 heavy (non-hydrogen) atoms. The number of thiophene rings is 1. The molecule has 1 aliphatic rings. The topological polar surface area (TPSA) is 8.17 Å². The summed E-state index contributed by atoms with van der Waals surface area (Å²) in [6, 6.07) is 89.5. The first kappa shape index (κ1) is 36.7. The third-order valence-electron chi connectivity index (χ3n) is 13.5. The second-order valence-corrected chi connectivity index (χ2v) is 17.9. The van der Waals surface area contributed by atoms with Crippen LogP contribution in [0.1, 0.15) is 22.3 Å². The lowest BCUT2D eigenvalue weighted by Gasteiger charge is -2.34. The molecule has 0 aliphatic heterocycles. The number of anilines is 3. The first-order chi connectivity index (χ1) is 31.8. The van der Waals surface area contributed by atoms with E-state index in [1.165, 1.54) is 86.5 Å². The zero-order valence-corrected chi connectivity index (χ0v) is 35.7. The van der Waals surface area contributed by atoms with Crippen molar-refractivity contribution < 1.29 is 0 Å². The maximum Gasteiger partial charge on any atom is 0.0713 e. The average molecular weight is 833 g/mol. The predicted molar refractivity (Wildman–Crippen MR) is 271 cm³/mol. The Morgan fingerprint density at radius 3 is 1.61 bits per heavy atom. The fraction of sp³-hybridized carbons (Fsp3) is 0.0164. The second-order valence-electron chi connectivity index (χ2n) is 16.8. The first-order valence-electron chi connectivity index (χ1n) is 22.0. The Morgan fingerprint density at radius 2 is 0.891 bits per heavy atom. The standard InChI is InChI=1S/C61H40N2S/c1-2-18-42(19-3-1)61(55-30-9-4-23-49(55)50-24-5-10-31-56(50)61)43-35-37-44(38-36-43)62(45-20-14-17-41(39-45)48-28-16-29-54-53-27-8-13-34-59(53)64-60(48)54)46-21-15-22-47(40-46)63-57-32-11-6-25-51(57)52-26-7-12-33-58(52)63/h1-40H. The molecule has 10 aromatic carbocycles. The Morgan fingerprint density at radius 1 is 0.359 bits per heavy atom. The minimum Gasteiger partial charge on any atom is -0.310 e. The predicted octanol–water partition coefficient (Wildman–Crippen LogP) is 16.7. The molecule has 0 spiro atoms. The van der Waals surface area contributed by atoms with Gasteiger partial charge in [0.25, 0.3) is 0 Å². The second kappa shape index (κ2) is 14.6. The molecule has 0 saturated heterocycles. The van der Waals surface area contributed by atoms with Crippen molar-refractivity contribution in [1.29, 1.82) is 0 Å². The Balaban J connectivity index is 1.01. The van der Waals surface area contributed by atoms with E-state index in [2.05, 4.69) is 252 Å². The van der Waals surface area contributed by atoms with Crippen LogP contribution in [0.2, 0.25) is 0 Å². The van der Waals surface area contributed by atoms with Crippen molar-refractivity contribution in [2.45, 2.75) is 5.41 Å². The summed E-state index contributed by atoms with van der Waals surface area (Å²) < 4.78 is 5.03. The van der Waals surface area contributed by atoms with Crippen LogP contribution >= 0.6 is 11.3 Å². The monoisotopic (exact) mass is 832 g/mol. The summed E-state index contributed by atoms with van der Waals surface area (Å²) in [5.74, 6) is 0. The molecule has 13 rings (SSSR count). The highest BCUT2D eigenvalue weighted by Crippen LogP contribution is 2.56. The molecule has 0 atom stereocenters. The minimum atomic E-state index is -0.475. The van der Waals surface area contributed by atoms with Gasteiger partial charge in [-0.1, -0.05) is 182 Å². The number of rotatable bonds is 7. The van der Waals surface area contributed by atoms with E-state index in [0.717, 1.165) is 22.7 Å².